The molecule has 9 nitrogen and oxygen atoms in total. The van der Waals surface area contributed by atoms with Crippen molar-refractivity contribution < 1.29 is 43.5 Å². The van der Waals surface area contributed by atoms with E-state index in [9.17, 15) is 14.7 Å². The Morgan fingerprint density at radius 3 is 1.70 bits per heavy atom. The normalized spacial score (nSPS) is 13.7. The summed E-state index contributed by atoms with van der Waals surface area (Å²) < 4.78 is 27.8. The molecule has 1 aliphatic rings. The summed E-state index contributed by atoms with van der Waals surface area (Å²) >= 11 is 0. The molecule has 0 spiro atoms. The van der Waals surface area contributed by atoms with Crippen LogP contribution in [-0.4, -0.2) is 57.2 Å². The van der Waals surface area contributed by atoms with Crippen LogP contribution in [0.3, 0.4) is 0 Å². The molecule has 0 aromatic heterocycles. The molecular formula is C24H28O9. The molecule has 33 heavy (non-hydrogen) atoms. The molecule has 0 radical (unpaired) electrons. The lowest BCUT2D eigenvalue weighted by molar-refractivity contribution is -0.143. The van der Waals surface area contributed by atoms with Crippen LogP contribution in [0.5, 0.6) is 28.7 Å². The summed E-state index contributed by atoms with van der Waals surface area (Å²) in [6, 6.07) is 6.83. The smallest absolute Gasteiger partial charge is 0.314 e. The molecule has 0 aliphatic heterocycles. The first-order valence-corrected chi connectivity index (χ1v) is 10.4. The van der Waals surface area contributed by atoms with Crippen LogP contribution in [0.2, 0.25) is 0 Å². The van der Waals surface area contributed by atoms with Crippen LogP contribution in [0.25, 0.3) is 0 Å². The Balaban J connectivity index is 1.98. The number of rotatable bonds is 11. The first-order valence-electron chi connectivity index (χ1n) is 10.4. The van der Waals surface area contributed by atoms with Gasteiger partial charge in [0.15, 0.2) is 11.5 Å². The van der Waals surface area contributed by atoms with Crippen molar-refractivity contribution in [2.45, 2.75) is 31.1 Å². The van der Waals surface area contributed by atoms with Gasteiger partial charge in [0.25, 0.3) is 0 Å². The molecule has 0 heterocycles. The number of ether oxygens (including phenoxy) is 5. The van der Waals surface area contributed by atoms with Gasteiger partial charge in [-0.3, -0.25) is 9.59 Å². The maximum absolute atomic E-state index is 12.6. The van der Waals surface area contributed by atoms with Gasteiger partial charge in [0, 0.05) is 17.5 Å². The van der Waals surface area contributed by atoms with Crippen molar-refractivity contribution in [2.24, 2.45) is 0 Å². The van der Waals surface area contributed by atoms with Gasteiger partial charge in [-0.1, -0.05) is 12.1 Å². The van der Waals surface area contributed by atoms with E-state index in [2.05, 4.69) is 0 Å². The van der Waals surface area contributed by atoms with E-state index < -0.39 is 17.4 Å². The van der Waals surface area contributed by atoms with Crippen molar-refractivity contribution >= 4 is 11.9 Å². The molecule has 0 saturated heterocycles. The average molecular weight is 460 g/mol. The molecule has 178 valence electrons. The molecule has 1 aliphatic carbocycles. The highest BCUT2D eigenvalue weighted by molar-refractivity contribution is 5.86. The van der Waals surface area contributed by atoms with Crippen molar-refractivity contribution in [1.82, 2.24) is 0 Å². The summed E-state index contributed by atoms with van der Waals surface area (Å²) in [6.45, 7) is 0.259. The SMILES string of the molecule is COc1c2c(c(OC)c(OC)c1OC)CC(C(=O)O)(c1ccc(OCCCC(=O)O)cc1)C2. The second-order valence-electron chi connectivity index (χ2n) is 7.70. The number of fused-ring (bicyclic) bond motifs is 1. The first-order chi connectivity index (χ1) is 15.8. The third-order valence-corrected chi connectivity index (χ3v) is 5.92. The minimum absolute atomic E-state index is 0.0229. The van der Waals surface area contributed by atoms with E-state index in [1.165, 1.54) is 28.4 Å². The molecule has 2 N–H and O–H groups in total. The molecule has 0 fully saturated rings. The molecule has 0 atom stereocenters. The van der Waals surface area contributed by atoms with Crippen molar-refractivity contribution in [1.29, 1.82) is 0 Å². The molecule has 0 amide bonds. The number of carbonyl (C=O) groups is 2. The van der Waals surface area contributed by atoms with Crippen LogP contribution < -0.4 is 23.7 Å². The van der Waals surface area contributed by atoms with Crippen molar-refractivity contribution in [2.75, 3.05) is 35.0 Å². The summed E-state index contributed by atoms with van der Waals surface area (Å²) in [5, 5.41) is 19.1. The van der Waals surface area contributed by atoms with Gasteiger partial charge in [0.2, 0.25) is 11.5 Å². The molecule has 2 aromatic rings. The average Bonchev–Trinajstić information content (AvgIpc) is 3.22. The maximum atomic E-state index is 12.6. The van der Waals surface area contributed by atoms with E-state index in [0.29, 0.717) is 51.9 Å². The number of methoxy groups -OCH3 is 4. The predicted molar refractivity (Wildman–Crippen MR) is 118 cm³/mol. The third-order valence-electron chi connectivity index (χ3n) is 5.92. The highest BCUT2D eigenvalue weighted by atomic mass is 16.5. The van der Waals surface area contributed by atoms with Crippen molar-refractivity contribution in [3.05, 3.63) is 41.0 Å². The zero-order chi connectivity index (χ0) is 24.2. The largest absolute Gasteiger partial charge is 0.494 e. The summed E-state index contributed by atoms with van der Waals surface area (Å²) in [5.41, 5.74) is 0.750. The quantitative estimate of drug-likeness (QED) is 0.487. The number of aliphatic carboxylic acids is 2. The fourth-order valence-electron chi connectivity index (χ4n) is 4.36. The molecule has 0 bridgehead atoms. The first kappa shape index (κ1) is 24.0. The molecule has 2 aromatic carbocycles. The van der Waals surface area contributed by atoms with E-state index in [0.717, 1.165) is 0 Å². The Morgan fingerprint density at radius 2 is 1.30 bits per heavy atom. The van der Waals surface area contributed by atoms with Gasteiger partial charge in [-0.15, -0.1) is 0 Å². The monoisotopic (exact) mass is 460 g/mol. The van der Waals surface area contributed by atoms with E-state index in [1.54, 1.807) is 24.3 Å². The third kappa shape index (κ3) is 4.35. The Bertz CT molecular complexity index is 986. The Kier molecular flexibility index (Phi) is 7.20. The highest BCUT2D eigenvalue weighted by Crippen LogP contribution is 2.56. The van der Waals surface area contributed by atoms with E-state index >= 15 is 0 Å². The Labute approximate surface area is 191 Å². The Morgan fingerprint density at radius 1 is 0.818 bits per heavy atom. The summed E-state index contributed by atoms with van der Waals surface area (Å²) in [5.74, 6) is 0.230. The van der Waals surface area contributed by atoms with Gasteiger partial charge >= 0.3 is 11.9 Å². The fourth-order valence-corrected chi connectivity index (χ4v) is 4.36. The molecule has 0 unspecified atom stereocenters. The van der Waals surface area contributed by atoms with Gasteiger partial charge in [-0.05, 0) is 37.0 Å². The lowest BCUT2D eigenvalue weighted by atomic mass is 9.77. The van der Waals surface area contributed by atoms with Crippen LogP contribution in [-0.2, 0) is 27.8 Å². The van der Waals surface area contributed by atoms with Crippen LogP contribution in [0.1, 0.15) is 29.5 Å². The highest BCUT2D eigenvalue weighted by Gasteiger charge is 2.49. The molecule has 0 saturated carbocycles. The minimum Gasteiger partial charge on any atom is -0.494 e. The molecule has 3 rings (SSSR count). The van der Waals surface area contributed by atoms with Crippen LogP contribution in [0, 0.1) is 0 Å². The standard InChI is InChI=1S/C24H28O9/c1-29-19-16-12-24(23(27)28,13-17(16)20(30-2)22(32-4)21(19)31-3)14-7-9-15(10-8-14)33-11-5-6-18(25)26/h7-10H,5-6,11-13H2,1-4H3,(H,25,26)(H,27,28). The second kappa shape index (κ2) is 9.89. The Hall–Kier alpha value is -3.62. The van der Waals surface area contributed by atoms with Crippen molar-refractivity contribution in [3.8, 4) is 28.7 Å². The van der Waals surface area contributed by atoms with E-state index in [1.807, 2.05) is 0 Å². The summed E-state index contributed by atoms with van der Waals surface area (Å²) in [7, 11) is 5.98. The fraction of sp³-hybridized carbons (Fsp3) is 0.417. The number of carboxylic acid groups (broad SMARTS) is 2. The topological polar surface area (TPSA) is 121 Å². The van der Waals surface area contributed by atoms with Crippen molar-refractivity contribution in [3.63, 3.8) is 0 Å². The molecule has 9 heteroatoms. The van der Waals surface area contributed by atoms with Gasteiger partial charge in [0.05, 0.1) is 35.0 Å². The number of hydrogen-bond acceptors (Lipinski definition) is 7. The van der Waals surface area contributed by atoms with Gasteiger partial charge < -0.3 is 33.9 Å². The van der Waals surface area contributed by atoms with Gasteiger partial charge in [0.1, 0.15) is 11.2 Å². The number of carboxylic acids is 2. The lowest BCUT2D eigenvalue weighted by Crippen LogP contribution is -2.36. The van der Waals surface area contributed by atoms with Crippen LogP contribution in [0.4, 0.5) is 0 Å². The van der Waals surface area contributed by atoms with E-state index in [-0.39, 0.29) is 25.9 Å². The predicted octanol–water partition coefficient (Wildman–Crippen LogP) is 3.09. The van der Waals surface area contributed by atoms with Crippen LogP contribution in [0.15, 0.2) is 24.3 Å². The van der Waals surface area contributed by atoms with Gasteiger partial charge in [-0.2, -0.15) is 0 Å². The van der Waals surface area contributed by atoms with Gasteiger partial charge in [-0.25, -0.2) is 0 Å². The maximum Gasteiger partial charge on any atom is 0.314 e. The zero-order valence-corrected chi connectivity index (χ0v) is 19.1. The summed E-state index contributed by atoms with van der Waals surface area (Å²) in [6.07, 6.45) is 0.760. The van der Waals surface area contributed by atoms with Crippen LogP contribution >= 0.6 is 0 Å². The number of hydrogen-bond donors (Lipinski definition) is 2. The minimum atomic E-state index is -1.25. The lowest BCUT2D eigenvalue weighted by Gasteiger charge is -2.25. The molecular weight excluding hydrogens is 432 g/mol. The zero-order valence-electron chi connectivity index (χ0n) is 19.1. The second-order valence-corrected chi connectivity index (χ2v) is 7.70. The summed E-state index contributed by atoms with van der Waals surface area (Å²) in [4.78, 5) is 23.3. The number of benzene rings is 2. The van der Waals surface area contributed by atoms with E-state index in [4.69, 9.17) is 28.8 Å².